The summed E-state index contributed by atoms with van der Waals surface area (Å²) in [7, 11) is 1.30. The van der Waals surface area contributed by atoms with Crippen LogP contribution in [-0.4, -0.2) is 36.0 Å². The molecule has 0 radical (unpaired) electrons. The number of methoxy groups -OCH3 is 1. The summed E-state index contributed by atoms with van der Waals surface area (Å²) < 4.78 is 4.82. The summed E-state index contributed by atoms with van der Waals surface area (Å²) in [5.41, 5.74) is 9.50. The number of carbonyl (C=O) groups excluding carboxylic acids is 2. The Bertz CT molecular complexity index is 610. The monoisotopic (exact) mass is 302 g/mol. The number of likely N-dealkylation sites (tertiary alicyclic amines) is 1. The van der Waals surface area contributed by atoms with Crippen molar-refractivity contribution in [1.82, 2.24) is 4.90 Å². The minimum Gasteiger partial charge on any atom is -0.467 e. The largest absolute Gasteiger partial charge is 0.467 e. The van der Waals surface area contributed by atoms with Crippen molar-refractivity contribution in [3.63, 3.8) is 0 Å². The fourth-order valence-corrected chi connectivity index (χ4v) is 2.79. The van der Waals surface area contributed by atoms with Crippen LogP contribution in [0.15, 0.2) is 35.4 Å². The third kappa shape index (κ3) is 2.63. The third-order valence-corrected chi connectivity index (χ3v) is 3.80. The van der Waals surface area contributed by atoms with Gasteiger partial charge in [0.25, 0.3) is 0 Å². The number of esters is 1. The lowest BCUT2D eigenvalue weighted by Crippen LogP contribution is -2.64. The molecule has 0 spiro atoms. The van der Waals surface area contributed by atoms with E-state index in [1.54, 1.807) is 0 Å². The zero-order chi connectivity index (χ0) is 16.3. The van der Waals surface area contributed by atoms with E-state index in [1.165, 1.54) is 12.0 Å². The second-order valence-electron chi connectivity index (χ2n) is 5.46. The normalized spacial score (nSPS) is 21.8. The van der Waals surface area contributed by atoms with Gasteiger partial charge in [-0.15, -0.1) is 0 Å². The topological polar surface area (TPSA) is 95.4 Å². The number of benzene rings is 1. The molecular weight excluding hydrogens is 284 g/mol. The molecule has 0 aliphatic carbocycles. The molecule has 3 unspecified atom stereocenters. The summed E-state index contributed by atoms with van der Waals surface area (Å²) in [5, 5.41) is 3.58. The van der Waals surface area contributed by atoms with Gasteiger partial charge in [0.1, 0.15) is 12.1 Å². The van der Waals surface area contributed by atoms with Crippen molar-refractivity contribution in [2.75, 3.05) is 7.11 Å². The lowest BCUT2D eigenvalue weighted by Gasteiger charge is -2.49. The highest BCUT2D eigenvalue weighted by Gasteiger charge is 2.53. The van der Waals surface area contributed by atoms with Gasteiger partial charge in [-0.05, 0) is 17.0 Å². The van der Waals surface area contributed by atoms with E-state index in [9.17, 15) is 9.59 Å². The van der Waals surface area contributed by atoms with Gasteiger partial charge in [0.05, 0.1) is 13.2 Å². The van der Waals surface area contributed by atoms with Gasteiger partial charge in [0.15, 0.2) is 0 Å². The number of rotatable bonds is 5. The molecule has 7 nitrogen and oxygen atoms in total. The predicted molar refractivity (Wildman–Crippen MR) is 79.6 cm³/mol. The molecule has 1 fully saturated rings. The standard InChI is InChI=1S/C15H18N4O3/c1-9(2)12(15(21)22-3)19-13(10-7-5-4-6-8-10)11(14(19)20)17-18-16/h4-9,11-13H,1-3H3. The van der Waals surface area contributed by atoms with Crippen LogP contribution in [0.5, 0.6) is 0 Å². The predicted octanol–water partition coefficient (Wildman–Crippen LogP) is 2.45. The van der Waals surface area contributed by atoms with Crippen molar-refractivity contribution in [2.45, 2.75) is 32.0 Å². The Morgan fingerprint density at radius 2 is 2.00 bits per heavy atom. The molecule has 1 heterocycles. The molecule has 0 bridgehead atoms. The molecule has 0 saturated carbocycles. The molecule has 1 saturated heterocycles. The van der Waals surface area contributed by atoms with E-state index < -0.39 is 24.1 Å². The highest BCUT2D eigenvalue weighted by molar-refractivity contribution is 5.94. The first-order valence-corrected chi connectivity index (χ1v) is 7.02. The first-order valence-electron chi connectivity index (χ1n) is 7.02. The number of hydrogen-bond acceptors (Lipinski definition) is 4. The van der Waals surface area contributed by atoms with Crippen LogP contribution in [0.1, 0.15) is 25.5 Å². The summed E-state index contributed by atoms with van der Waals surface area (Å²) in [6.07, 6.45) is 0. The lowest BCUT2D eigenvalue weighted by atomic mass is 9.84. The van der Waals surface area contributed by atoms with Gasteiger partial charge in [-0.2, -0.15) is 0 Å². The van der Waals surface area contributed by atoms with Crippen LogP contribution in [0.4, 0.5) is 0 Å². The van der Waals surface area contributed by atoms with Crippen LogP contribution in [0, 0.1) is 5.92 Å². The Labute approximate surface area is 128 Å². The SMILES string of the molecule is COC(=O)C(C(C)C)N1C(=O)C(N=[N+]=[N-])C1c1ccccc1. The highest BCUT2D eigenvalue weighted by atomic mass is 16.5. The van der Waals surface area contributed by atoms with Gasteiger partial charge >= 0.3 is 5.97 Å². The van der Waals surface area contributed by atoms with Crippen LogP contribution in [-0.2, 0) is 14.3 Å². The quantitative estimate of drug-likeness (QED) is 0.275. The fraction of sp³-hybridized carbons (Fsp3) is 0.467. The number of ether oxygens (including phenoxy) is 1. The maximum atomic E-state index is 12.4. The number of β-lactam (4-membered cyclic amide) rings is 1. The van der Waals surface area contributed by atoms with Crippen molar-refractivity contribution in [2.24, 2.45) is 11.0 Å². The summed E-state index contributed by atoms with van der Waals surface area (Å²) in [4.78, 5) is 28.6. The molecule has 22 heavy (non-hydrogen) atoms. The average molecular weight is 302 g/mol. The minimum absolute atomic E-state index is 0.116. The third-order valence-electron chi connectivity index (χ3n) is 3.80. The number of amides is 1. The van der Waals surface area contributed by atoms with E-state index in [1.807, 2.05) is 44.2 Å². The Morgan fingerprint density at radius 1 is 1.36 bits per heavy atom. The van der Waals surface area contributed by atoms with Gasteiger partial charge in [-0.1, -0.05) is 49.3 Å². The van der Waals surface area contributed by atoms with Crippen LogP contribution in [0.2, 0.25) is 0 Å². The molecule has 2 rings (SSSR count). The number of carbonyl (C=O) groups is 2. The zero-order valence-electron chi connectivity index (χ0n) is 12.7. The number of hydrogen-bond donors (Lipinski definition) is 0. The number of nitrogens with zero attached hydrogens (tertiary/aromatic N) is 4. The fourth-order valence-electron chi connectivity index (χ4n) is 2.79. The van der Waals surface area contributed by atoms with E-state index >= 15 is 0 Å². The first-order chi connectivity index (χ1) is 10.5. The second-order valence-corrected chi connectivity index (χ2v) is 5.46. The van der Waals surface area contributed by atoms with Crippen molar-refractivity contribution < 1.29 is 14.3 Å². The Morgan fingerprint density at radius 3 is 2.50 bits per heavy atom. The van der Waals surface area contributed by atoms with Crippen molar-refractivity contribution >= 4 is 11.9 Å². The molecule has 0 aromatic heterocycles. The molecule has 7 heteroatoms. The second kappa shape index (κ2) is 6.49. The van der Waals surface area contributed by atoms with Gasteiger partial charge < -0.3 is 9.64 Å². The molecule has 1 amide bonds. The van der Waals surface area contributed by atoms with E-state index in [2.05, 4.69) is 10.0 Å². The summed E-state index contributed by atoms with van der Waals surface area (Å²) in [5.74, 6) is -0.936. The van der Waals surface area contributed by atoms with Crippen molar-refractivity contribution in [3.05, 3.63) is 46.3 Å². The smallest absolute Gasteiger partial charge is 0.328 e. The van der Waals surface area contributed by atoms with Gasteiger partial charge in [-0.3, -0.25) is 4.79 Å². The van der Waals surface area contributed by atoms with Crippen LogP contribution < -0.4 is 0 Å². The minimum atomic E-state index is -0.821. The van der Waals surface area contributed by atoms with Crippen LogP contribution >= 0.6 is 0 Å². The van der Waals surface area contributed by atoms with Gasteiger partial charge in [-0.25, -0.2) is 4.79 Å². The van der Waals surface area contributed by atoms with E-state index in [-0.39, 0.29) is 11.8 Å². The molecule has 3 atom stereocenters. The molecule has 116 valence electrons. The first kappa shape index (κ1) is 15.9. The highest BCUT2D eigenvalue weighted by Crippen LogP contribution is 2.40. The van der Waals surface area contributed by atoms with E-state index in [0.29, 0.717) is 0 Å². The lowest BCUT2D eigenvalue weighted by molar-refractivity contribution is -0.168. The Kier molecular flexibility index (Phi) is 4.68. The Hall–Kier alpha value is -2.53. The van der Waals surface area contributed by atoms with E-state index in [0.717, 1.165) is 5.56 Å². The van der Waals surface area contributed by atoms with Gasteiger partial charge in [0.2, 0.25) is 5.91 Å². The van der Waals surface area contributed by atoms with Crippen molar-refractivity contribution in [3.8, 4) is 0 Å². The Balaban J connectivity index is 2.42. The van der Waals surface area contributed by atoms with Gasteiger partial charge in [0, 0.05) is 4.91 Å². The van der Waals surface area contributed by atoms with E-state index in [4.69, 9.17) is 10.3 Å². The van der Waals surface area contributed by atoms with Crippen molar-refractivity contribution in [1.29, 1.82) is 0 Å². The molecule has 1 aromatic rings. The average Bonchev–Trinajstić information content (AvgIpc) is 2.53. The molecule has 1 aromatic carbocycles. The molecule has 0 N–H and O–H groups in total. The molecule has 1 aliphatic heterocycles. The van der Waals surface area contributed by atoms with Crippen LogP contribution in [0.3, 0.4) is 0 Å². The maximum absolute atomic E-state index is 12.4. The zero-order valence-corrected chi connectivity index (χ0v) is 12.7. The molecular formula is C15H18N4O3. The van der Waals surface area contributed by atoms with Crippen LogP contribution in [0.25, 0.3) is 10.4 Å². The molecule has 1 aliphatic rings. The maximum Gasteiger partial charge on any atom is 0.328 e. The summed E-state index contributed by atoms with van der Waals surface area (Å²) in [6, 6.07) is 7.26. The summed E-state index contributed by atoms with van der Waals surface area (Å²) >= 11 is 0. The number of azide groups is 1. The summed E-state index contributed by atoms with van der Waals surface area (Å²) in [6.45, 7) is 3.69.